The van der Waals surface area contributed by atoms with Gasteiger partial charge in [0, 0.05) is 12.7 Å². The minimum atomic E-state index is -0.118. The van der Waals surface area contributed by atoms with Crippen molar-refractivity contribution in [2.75, 3.05) is 0 Å². The summed E-state index contributed by atoms with van der Waals surface area (Å²) in [5.74, 6) is 0.371. The van der Waals surface area contributed by atoms with Crippen LogP contribution >= 0.6 is 11.3 Å². The molecule has 0 saturated carbocycles. The van der Waals surface area contributed by atoms with Crippen molar-refractivity contribution < 1.29 is 4.79 Å². The normalized spacial score (nSPS) is 15.1. The smallest absolute Gasteiger partial charge is 0.255 e. The lowest BCUT2D eigenvalue weighted by atomic mass is 10.1. The van der Waals surface area contributed by atoms with Crippen LogP contribution in [0.15, 0.2) is 42.4 Å². The van der Waals surface area contributed by atoms with Gasteiger partial charge in [-0.2, -0.15) is 5.10 Å². The Morgan fingerprint density at radius 1 is 1.31 bits per heavy atom. The van der Waals surface area contributed by atoms with Gasteiger partial charge < -0.3 is 9.88 Å². The van der Waals surface area contributed by atoms with Crippen molar-refractivity contribution in [3.8, 4) is 16.5 Å². The molecule has 164 valence electrons. The van der Waals surface area contributed by atoms with E-state index in [4.69, 9.17) is 4.98 Å². The van der Waals surface area contributed by atoms with E-state index in [1.165, 1.54) is 0 Å². The van der Waals surface area contributed by atoms with Gasteiger partial charge in [-0.3, -0.25) is 4.79 Å². The number of imidazole rings is 1. The predicted molar refractivity (Wildman–Crippen MR) is 123 cm³/mol. The van der Waals surface area contributed by atoms with Crippen molar-refractivity contribution in [2.45, 2.75) is 52.1 Å². The van der Waals surface area contributed by atoms with Gasteiger partial charge in [-0.05, 0) is 43.2 Å². The van der Waals surface area contributed by atoms with Gasteiger partial charge in [0.05, 0.1) is 52.3 Å². The van der Waals surface area contributed by atoms with E-state index in [0.29, 0.717) is 11.5 Å². The monoisotopic (exact) mass is 447 g/mol. The van der Waals surface area contributed by atoms with Gasteiger partial charge in [-0.25, -0.2) is 19.6 Å². The van der Waals surface area contributed by atoms with E-state index >= 15 is 0 Å². The van der Waals surface area contributed by atoms with Crippen LogP contribution < -0.4 is 5.32 Å². The van der Waals surface area contributed by atoms with Crippen molar-refractivity contribution >= 4 is 17.2 Å². The molecule has 0 saturated heterocycles. The third-order valence-electron chi connectivity index (χ3n) is 5.85. The molecule has 5 rings (SSSR count). The van der Waals surface area contributed by atoms with Crippen LogP contribution in [-0.4, -0.2) is 35.2 Å². The lowest BCUT2D eigenvalue weighted by Crippen LogP contribution is -2.28. The number of unbranched alkanes of at least 4 members (excludes halogenated alkanes) is 1. The molecule has 1 atom stereocenters. The summed E-state index contributed by atoms with van der Waals surface area (Å²) < 4.78 is 3.80. The maximum atomic E-state index is 13.2. The van der Waals surface area contributed by atoms with Gasteiger partial charge in [0.25, 0.3) is 11.9 Å². The second kappa shape index (κ2) is 8.66. The highest BCUT2D eigenvalue weighted by Gasteiger charge is 2.27. The molecule has 0 fully saturated rings. The zero-order valence-electron chi connectivity index (χ0n) is 18.2. The fourth-order valence-corrected chi connectivity index (χ4v) is 4.90. The van der Waals surface area contributed by atoms with E-state index in [9.17, 15) is 4.79 Å². The summed E-state index contributed by atoms with van der Waals surface area (Å²) in [4.78, 5) is 27.9. The number of thiophene rings is 1. The summed E-state index contributed by atoms with van der Waals surface area (Å²) in [7, 11) is 0. The average molecular weight is 448 g/mol. The Balaban J connectivity index is 1.48. The van der Waals surface area contributed by atoms with E-state index < -0.39 is 0 Å². The largest absolute Gasteiger partial charge is 0.344 e. The molecule has 32 heavy (non-hydrogen) atoms. The Labute approximate surface area is 190 Å². The highest BCUT2D eigenvalue weighted by Crippen LogP contribution is 2.28. The average Bonchev–Trinajstić information content (AvgIpc) is 3.57. The second-order valence-corrected chi connectivity index (χ2v) is 8.97. The zero-order chi connectivity index (χ0) is 22.1. The maximum Gasteiger partial charge on any atom is 0.255 e. The molecule has 0 spiro atoms. The molecule has 1 unspecified atom stereocenters. The van der Waals surface area contributed by atoms with Gasteiger partial charge in [0.1, 0.15) is 0 Å². The van der Waals surface area contributed by atoms with E-state index in [0.717, 1.165) is 59.8 Å². The van der Waals surface area contributed by atoms with Crippen molar-refractivity contribution in [3.63, 3.8) is 0 Å². The minimum absolute atomic E-state index is 0.0339. The van der Waals surface area contributed by atoms with Crippen LogP contribution in [0, 0.1) is 6.92 Å². The number of carbonyl (C=O) groups is 1. The summed E-state index contributed by atoms with van der Waals surface area (Å²) in [6.07, 6.45) is 10.7. The molecule has 0 bridgehead atoms. The van der Waals surface area contributed by atoms with Crippen LogP contribution in [0.2, 0.25) is 0 Å². The Bertz CT molecular complexity index is 1240. The van der Waals surface area contributed by atoms with Crippen LogP contribution in [0.5, 0.6) is 0 Å². The minimum Gasteiger partial charge on any atom is -0.344 e. The van der Waals surface area contributed by atoms with Gasteiger partial charge in [-0.15, -0.1) is 11.3 Å². The van der Waals surface area contributed by atoms with Gasteiger partial charge >= 0.3 is 0 Å². The number of aryl methyl sites for hydroxylation is 2. The quantitative estimate of drug-likeness (QED) is 0.460. The van der Waals surface area contributed by atoms with E-state index in [1.54, 1.807) is 22.2 Å². The number of carbonyl (C=O) groups excluding carboxylic acids is 1. The van der Waals surface area contributed by atoms with Gasteiger partial charge in [-0.1, -0.05) is 19.4 Å². The molecule has 5 heterocycles. The summed E-state index contributed by atoms with van der Waals surface area (Å²) in [6, 6.07) is 4.03. The first-order valence-corrected chi connectivity index (χ1v) is 11.8. The summed E-state index contributed by atoms with van der Waals surface area (Å²) in [5, 5.41) is 9.74. The molecule has 9 heteroatoms. The molecule has 8 nitrogen and oxygen atoms in total. The standard InChI is InChI=1S/C23H25N7OS/c1-3-4-6-18-16(22(31)27-17-8-9-29-14-24-13-19(17)29)12-26-30(18)23-25-11-15(2)21(28-23)20-7-5-10-32-20/h5,7,10-14,17H,3-4,6,8-9H2,1-2H3,(H,27,31). The molecule has 1 N–H and O–H groups in total. The SMILES string of the molecule is CCCCc1c(C(=O)NC2CCn3cncc32)cnn1-c1ncc(C)c(-c2cccs2)n1. The molecule has 4 aromatic rings. The van der Waals surface area contributed by atoms with Crippen molar-refractivity contribution in [3.05, 3.63) is 64.9 Å². The topological polar surface area (TPSA) is 90.5 Å². The van der Waals surface area contributed by atoms with Crippen LogP contribution in [0.25, 0.3) is 16.5 Å². The molecule has 1 amide bonds. The lowest BCUT2D eigenvalue weighted by Gasteiger charge is -2.13. The van der Waals surface area contributed by atoms with Crippen LogP contribution in [0.4, 0.5) is 0 Å². The Morgan fingerprint density at radius 3 is 3.03 bits per heavy atom. The number of rotatable bonds is 7. The number of nitrogens with zero attached hydrogens (tertiary/aromatic N) is 6. The van der Waals surface area contributed by atoms with Crippen LogP contribution in [-0.2, 0) is 13.0 Å². The maximum absolute atomic E-state index is 13.2. The van der Waals surface area contributed by atoms with E-state index in [-0.39, 0.29) is 11.9 Å². The number of hydrogen-bond donors (Lipinski definition) is 1. The molecule has 0 aromatic carbocycles. The van der Waals surface area contributed by atoms with Crippen LogP contribution in [0.1, 0.15) is 59.5 Å². The summed E-state index contributed by atoms with van der Waals surface area (Å²) in [6.45, 7) is 5.01. The highest BCUT2D eigenvalue weighted by atomic mass is 32.1. The molecular formula is C23H25N7OS. The first-order chi connectivity index (χ1) is 15.7. The van der Waals surface area contributed by atoms with Crippen molar-refractivity contribution in [2.24, 2.45) is 0 Å². The third-order valence-corrected chi connectivity index (χ3v) is 6.73. The predicted octanol–water partition coefficient (Wildman–Crippen LogP) is 4.11. The van der Waals surface area contributed by atoms with Gasteiger partial charge in [0.15, 0.2) is 0 Å². The fraction of sp³-hybridized carbons (Fsp3) is 0.348. The van der Waals surface area contributed by atoms with Crippen LogP contribution in [0.3, 0.4) is 0 Å². The lowest BCUT2D eigenvalue weighted by molar-refractivity contribution is 0.0935. The molecule has 1 aliphatic heterocycles. The molecule has 1 aliphatic rings. The number of hydrogen-bond acceptors (Lipinski definition) is 6. The van der Waals surface area contributed by atoms with Crippen molar-refractivity contribution in [1.29, 1.82) is 0 Å². The molecule has 0 aliphatic carbocycles. The number of fused-ring (bicyclic) bond motifs is 1. The first kappa shape index (κ1) is 20.6. The number of amides is 1. The third kappa shape index (κ3) is 3.73. The Hall–Kier alpha value is -3.33. The summed E-state index contributed by atoms with van der Waals surface area (Å²) >= 11 is 1.64. The fourth-order valence-electron chi connectivity index (χ4n) is 4.12. The Morgan fingerprint density at radius 2 is 2.22 bits per heavy atom. The van der Waals surface area contributed by atoms with Gasteiger partial charge in [0.2, 0.25) is 0 Å². The first-order valence-electron chi connectivity index (χ1n) is 10.9. The zero-order valence-corrected chi connectivity index (χ0v) is 19.0. The summed E-state index contributed by atoms with van der Waals surface area (Å²) in [5.41, 5.74) is 4.37. The number of aromatic nitrogens is 6. The highest BCUT2D eigenvalue weighted by molar-refractivity contribution is 7.13. The van der Waals surface area contributed by atoms with E-state index in [2.05, 4.69) is 37.9 Å². The molecule has 4 aromatic heterocycles. The number of nitrogens with one attached hydrogen (secondary N) is 1. The molecule has 0 radical (unpaired) electrons. The van der Waals surface area contributed by atoms with Crippen molar-refractivity contribution in [1.82, 2.24) is 34.6 Å². The second-order valence-electron chi connectivity index (χ2n) is 8.03. The van der Waals surface area contributed by atoms with E-state index in [1.807, 2.05) is 37.1 Å². The molecular weight excluding hydrogens is 422 g/mol. The Kier molecular flexibility index (Phi) is 5.57.